The first-order valence-electron chi connectivity index (χ1n) is 13.8. The third-order valence-corrected chi connectivity index (χ3v) is 11.0. The Morgan fingerprint density at radius 2 is 1.38 bits per heavy atom. The average Bonchev–Trinajstić information content (AvgIpc) is 2.76. The summed E-state index contributed by atoms with van der Waals surface area (Å²) in [6, 6.07) is 8.15. The van der Waals surface area contributed by atoms with E-state index in [2.05, 4.69) is 39.2 Å². The lowest BCUT2D eigenvalue weighted by atomic mass is 9.94. The fourth-order valence-electron chi connectivity index (χ4n) is 3.37. The van der Waals surface area contributed by atoms with Crippen LogP contribution in [-0.4, -0.2) is 50.2 Å². The number of carbonyl (C=O) groups excluding carboxylic acids is 3. The van der Waals surface area contributed by atoms with Gasteiger partial charge in [-0.2, -0.15) is 0 Å². The Kier molecular flexibility index (Phi) is 12.7. The van der Waals surface area contributed by atoms with Crippen LogP contribution < -0.4 is 5.32 Å². The zero-order chi connectivity index (χ0) is 30.1. The van der Waals surface area contributed by atoms with E-state index in [1.807, 2.05) is 30.3 Å². The van der Waals surface area contributed by atoms with Gasteiger partial charge in [-0.25, -0.2) is 9.59 Å². The van der Waals surface area contributed by atoms with Crippen LogP contribution in [0.1, 0.15) is 87.1 Å². The minimum absolute atomic E-state index is 0.0182. The molecule has 0 saturated heterocycles. The molecule has 39 heavy (non-hydrogen) atoms. The molecule has 0 aromatic heterocycles. The van der Waals surface area contributed by atoms with E-state index in [1.54, 1.807) is 41.5 Å². The highest BCUT2D eigenvalue weighted by molar-refractivity contribution is 6.74. The lowest BCUT2D eigenvalue weighted by Gasteiger charge is -2.36. The second kappa shape index (κ2) is 14.3. The number of carbonyl (C=O) groups is 3. The molecule has 0 aliphatic heterocycles. The molecule has 1 rings (SSSR count). The highest BCUT2D eigenvalue weighted by Gasteiger charge is 2.38. The smallest absolute Gasteiger partial charge is 0.408 e. The van der Waals surface area contributed by atoms with Crippen molar-refractivity contribution in [2.24, 2.45) is 5.92 Å². The fourth-order valence-corrected chi connectivity index (χ4v) is 4.46. The number of nitrogens with one attached hydrogen (secondary N) is 1. The zero-order valence-corrected chi connectivity index (χ0v) is 26.9. The Morgan fingerprint density at radius 1 is 0.846 bits per heavy atom. The Bertz CT molecular complexity index is 927. The highest BCUT2D eigenvalue weighted by atomic mass is 28.4. The van der Waals surface area contributed by atoms with Crippen LogP contribution >= 0.6 is 0 Å². The zero-order valence-electron chi connectivity index (χ0n) is 25.9. The van der Waals surface area contributed by atoms with Crippen LogP contribution in [0, 0.1) is 5.92 Å². The first kappa shape index (κ1) is 34.6. The molecule has 0 aliphatic rings. The van der Waals surface area contributed by atoms with E-state index in [0.717, 1.165) is 5.56 Å². The van der Waals surface area contributed by atoms with Crippen molar-refractivity contribution in [2.45, 2.75) is 124 Å². The van der Waals surface area contributed by atoms with Gasteiger partial charge in [0.2, 0.25) is 0 Å². The summed E-state index contributed by atoms with van der Waals surface area (Å²) < 4.78 is 22.9. The molecule has 0 unspecified atom stereocenters. The van der Waals surface area contributed by atoms with Gasteiger partial charge >= 0.3 is 18.0 Å². The first-order valence-corrected chi connectivity index (χ1v) is 16.7. The van der Waals surface area contributed by atoms with E-state index in [4.69, 9.17) is 18.6 Å². The summed E-state index contributed by atoms with van der Waals surface area (Å²) in [7, 11) is -1.94. The molecule has 9 heteroatoms. The van der Waals surface area contributed by atoms with Gasteiger partial charge in [-0.3, -0.25) is 4.79 Å². The fraction of sp³-hybridized carbons (Fsp3) is 0.700. The first-order chi connectivity index (χ1) is 17.7. The van der Waals surface area contributed by atoms with E-state index in [-0.39, 0.29) is 18.1 Å². The SMILES string of the molecule is CC(C)(C)OC(=O)[C@@H](CCCO[Si](C)(C)C(C)(C)C)C[C@H](NC(=O)OCc1ccccc1)C(=O)OC(C)(C)C. The maximum absolute atomic E-state index is 13.2. The number of alkyl carbamates (subject to hydrolysis) is 1. The van der Waals surface area contributed by atoms with E-state index >= 15 is 0 Å². The molecule has 0 spiro atoms. The molecule has 0 saturated carbocycles. The van der Waals surface area contributed by atoms with Crippen molar-refractivity contribution in [3.63, 3.8) is 0 Å². The molecule has 0 fully saturated rings. The van der Waals surface area contributed by atoms with Gasteiger partial charge < -0.3 is 24.0 Å². The second-order valence-electron chi connectivity index (χ2n) is 13.5. The van der Waals surface area contributed by atoms with Crippen LogP contribution in [0.4, 0.5) is 4.79 Å². The molecule has 0 aliphatic carbocycles. The van der Waals surface area contributed by atoms with Crippen LogP contribution in [0.25, 0.3) is 0 Å². The number of amides is 1. The van der Waals surface area contributed by atoms with Crippen molar-refractivity contribution in [3.05, 3.63) is 35.9 Å². The Balaban J connectivity index is 3.03. The quantitative estimate of drug-likeness (QED) is 0.129. The van der Waals surface area contributed by atoms with Crippen molar-refractivity contribution < 1.29 is 33.0 Å². The number of esters is 2. The summed E-state index contributed by atoms with van der Waals surface area (Å²) in [5, 5.41) is 2.70. The molecule has 8 nitrogen and oxygen atoms in total. The Labute approximate surface area is 236 Å². The van der Waals surface area contributed by atoms with Gasteiger partial charge in [0.1, 0.15) is 23.9 Å². The summed E-state index contributed by atoms with van der Waals surface area (Å²) in [5.41, 5.74) is -0.658. The Hall–Kier alpha value is -2.39. The predicted molar refractivity (Wildman–Crippen MR) is 156 cm³/mol. The van der Waals surface area contributed by atoms with Crippen LogP contribution in [0.15, 0.2) is 30.3 Å². The van der Waals surface area contributed by atoms with Gasteiger partial charge in [-0.1, -0.05) is 51.1 Å². The van der Waals surface area contributed by atoms with Gasteiger partial charge in [0, 0.05) is 6.61 Å². The number of hydrogen-bond donors (Lipinski definition) is 1. The van der Waals surface area contributed by atoms with Gasteiger partial charge in [0.05, 0.1) is 5.92 Å². The van der Waals surface area contributed by atoms with E-state index in [0.29, 0.717) is 19.4 Å². The monoisotopic (exact) mass is 565 g/mol. The summed E-state index contributed by atoms with van der Waals surface area (Å²) in [6.45, 7) is 22.1. The minimum atomic E-state index is -1.94. The van der Waals surface area contributed by atoms with Gasteiger partial charge in [-0.15, -0.1) is 0 Å². The molecule has 2 atom stereocenters. The maximum atomic E-state index is 13.2. The third kappa shape index (κ3) is 14.0. The second-order valence-corrected chi connectivity index (χ2v) is 18.3. The topological polar surface area (TPSA) is 100 Å². The number of hydrogen-bond acceptors (Lipinski definition) is 7. The van der Waals surface area contributed by atoms with Crippen LogP contribution in [0.2, 0.25) is 18.1 Å². The standard InChI is InChI=1S/C30H51NO7Si/c1-28(2,3)37-25(32)23(18-15-19-36-39(10,11)30(7,8)9)20-24(26(33)38-29(4,5)6)31-27(34)35-21-22-16-13-12-14-17-22/h12-14,16-17,23-24H,15,18-21H2,1-11H3,(H,31,34)/t23-,24-/m0/s1. The number of benzene rings is 1. The average molecular weight is 566 g/mol. The lowest BCUT2D eigenvalue weighted by molar-refractivity contribution is -0.162. The largest absolute Gasteiger partial charge is 0.460 e. The van der Waals surface area contributed by atoms with Gasteiger partial charge in [0.25, 0.3) is 0 Å². The third-order valence-electron chi connectivity index (χ3n) is 6.42. The van der Waals surface area contributed by atoms with Crippen LogP contribution in [0.5, 0.6) is 0 Å². The molecule has 1 aromatic rings. The molecule has 1 N–H and O–H groups in total. The number of ether oxygens (including phenoxy) is 3. The molecule has 0 bridgehead atoms. The van der Waals surface area contributed by atoms with Gasteiger partial charge in [-0.05, 0) is 84.5 Å². The normalized spacial score (nSPS) is 14.2. The van der Waals surface area contributed by atoms with E-state index < -0.39 is 49.5 Å². The van der Waals surface area contributed by atoms with Crippen molar-refractivity contribution in [1.29, 1.82) is 0 Å². The lowest BCUT2D eigenvalue weighted by Crippen LogP contribution is -2.46. The molecular formula is C30H51NO7Si. The maximum Gasteiger partial charge on any atom is 0.408 e. The molecule has 0 radical (unpaired) electrons. The predicted octanol–water partition coefficient (Wildman–Crippen LogP) is 6.77. The summed E-state index contributed by atoms with van der Waals surface area (Å²) >= 11 is 0. The van der Waals surface area contributed by atoms with Crippen molar-refractivity contribution in [3.8, 4) is 0 Å². The molecule has 0 heterocycles. The molecule has 1 amide bonds. The van der Waals surface area contributed by atoms with E-state index in [9.17, 15) is 14.4 Å². The molecule has 222 valence electrons. The minimum Gasteiger partial charge on any atom is -0.460 e. The van der Waals surface area contributed by atoms with Gasteiger partial charge in [0.15, 0.2) is 8.32 Å². The summed E-state index contributed by atoms with van der Waals surface area (Å²) in [5.74, 6) is -1.72. The van der Waals surface area contributed by atoms with Crippen LogP contribution in [0.3, 0.4) is 0 Å². The Morgan fingerprint density at radius 3 is 1.90 bits per heavy atom. The van der Waals surface area contributed by atoms with Crippen molar-refractivity contribution in [2.75, 3.05) is 6.61 Å². The van der Waals surface area contributed by atoms with Crippen molar-refractivity contribution in [1.82, 2.24) is 5.32 Å². The number of rotatable bonds is 12. The summed E-state index contributed by atoms with van der Waals surface area (Å²) in [6.07, 6.45) is 0.294. The highest BCUT2D eigenvalue weighted by Crippen LogP contribution is 2.36. The summed E-state index contributed by atoms with van der Waals surface area (Å²) in [4.78, 5) is 39.0. The van der Waals surface area contributed by atoms with Crippen LogP contribution in [-0.2, 0) is 34.8 Å². The van der Waals surface area contributed by atoms with Crippen molar-refractivity contribution >= 4 is 26.3 Å². The molecular weight excluding hydrogens is 514 g/mol. The molecule has 1 aromatic carbocycles. The van der Waals surface area contributed by atoms with E-state index in [1.165, 1.54) is 0 Å².